The van der Waals surface area contributed by atoms with E-state index in [1.807, 2.05) is 4.72 Å². The van der Waals surface area contributed by atoms with Crippen LogP contribution in [0, 0.1) is 5.92 Å². The summed E-state index contributed by atoms with van der Waals surface area (Å²) < 4.78 is 73.3. The molecule has 3 fully saturated rings. The number of thiophene rings is 1. The van der Waals surface area contributed by atoms with E-state index in [0.29, 0.717) is 39.3 Å². The van der Waals surface area contributed by atoms with Crippen molar-refractivity contribution in [1.82, 2.24) is 24.9 Å². The maximum atomic E-state index is 13.7. The van der Waals surface area contributed by atoms with Gasteiger partial charge < -0.3 is 20.1 Å². The van der Waals surface area contributed by atoms with Crippen LogP contribution in [0.4, 0.5) is 13.2 Å². The molecule has 6 rings (SSSR count). The summed E-state index contributed by atoms with van der Waals surface area (Å²) in [7, 11) is -3.99. The fraction of sp³-hybridized carbons (Fsp3) is 0.414. The molecule has 3 heterocycles. The number of alkyl halides is 3. The van der Waals surface area contributed by atoms with Crippen molar-refractivity contribution in [3.63, 3.8) is 0 Å². The Hall–Kier alpha value is -4.09. The largest absolute Gasteiger partial charge is 0.471 e. The van der Waals surface area contributed by atoms with Gasteiger partial charge in [-0.1, -0.05) is 24.3 Å². The van der Waals surface area contributed by atoms with Gasteiger partial charge in [-0.2, -0.15) is 13.2 Å². The highest BCUT2D eigenvalue weighted by Crippen LogP contribution is 2.45. The normalized spacial score (nSPS) is 25.1. The number of likely N-dealkylation sites (tertiary alicyclic amines) is 1. The second-order valence-corrected chi connectivity index (χ2v) is 14.4. The first-order valence-electron chi connectivity index (χ1n) is 14.3. The topological polar surface area (TPSA) is 168 Å². The number of amides is 3. The third kappa shape index (κ3) is 6.05. The Morgan fingerprint density at radius 3 is 2.43 bits per heavy atom. The molecule has 3 aliphatic rings. The van der Waals surface area contributed by atoms with Crippen LogP contribution in [-0.2, 0) is 24.4 Å². The van der Waals surface area contributed by atoms with Crippen LogP contribution in [0.2, 0.25) is 0 Å². The molecular formula is C29H28F3N5O7S2. The highest BCUT2D eigenvalue weighted by molar-refractivity contribution is 7.91. The van der Waals surface area contributed by atoms with E-state index in [1.165, 1.54) is 17.4 Å². The Bertz CT molecular complexity index is 1820. The summed E-state index contributed by atoms with van der Waals surface area (Å²) >= 11 is 1.34. The van der Waals surface area contributed by atoms with Gasteiger partial charge in [-0.05, 0) is 42.8 Å². The lowest BCUT2D eigenvalue weighted by Crippen LogP contribution is -2.58. The van der Waals surface area contributed by atoms with Gasteiger partial charge in [0.05, 0.1) is 27.7 Å². The van der Waals surface area contributed by atoms with E-state index in [-0.39, 0.29) is 18.7 Å². The summed E-state index contributed by atoms with van der Waals surface area (Å²) in [4.78, 5) is 50.2. The highest BCUT2D eigenvalue weighted by atomic mass is 32.2. The van der Waals surface area contributed by atoms with Gasteiger partial charge in [0.1, 0.15) is 23.4 Å². The lowest BCUT2D eigenvalue weighted by atomic mass is 10.1. The molecule has 0 bridgehead atoms. The molecule has 3 amide bonds. The lowest BCUT2D eigenvalue weighted by Gasteiger charge is -2.28. The highest BCUT2D eigenvalue weighted by Gasteiger charge is 2.62. The summed E-state index contributed by atoms with van der Waals surface area (Å²) in [5, 5.41) is 13.4. The summed E-state index contributed by atoms with van der Waals surface area (Å²) in [5.41, 5.74) is -0.383. The number of halogens is 3. The number of rotatable bonds is 10. The zero-order valence-corrected chi connectivity index (χ0v) is 25.6. The number of nitrogens with zero attached hydrogens (tertiary/aromatic N) is 3. The number of ether oxygens (including phenoxy) is 1. The average Bonchev–Trinajstić information content (AvgIpc) is 3.88. The molecular weight excluding hydrogens is 651 g/mol. The molecule has 2 aromatic heterocycles. The number of nitrogens with one attached hydrogen (secondary N) is 2. The summed E-state index contributed by atoms with van der Waals surface area (Å²) in [6.07, 6.45) is -8.07. The number of aliphatic hydroxyl groups is 1. The van der Waals surface area contributed by atoms with E-state index in [0.717, 1.165) is 0 Å². The van der Waals surface area contributed by atoms with Crippen LogP contribution in [-0.4, -0.2) is 87.9 Å². The molecule has 46 heavy (non-hydrogen) atoms. The number of hydrogen-bond acceptors (Lipinski definition) is 10. The lowest BCUT2D eigenvalue weighted by molar-refractivity contribution is -0.211. The monoisotopic (exact) mass is 679 g/mol. The minimum Gasteiger partial charge on any atom is -0.471 e. The van der Waals surface area contributed by atoms with Gasteiger partial charge in [-0.25, -0.2) is 18.4 Å². The molecule has 0 spiro atoms. The van der Waals surface area contributed by atoms with Crippen molar-refractivity contribution in [2.75, 3.05) is 6.54 Å². The fourth-order valence-corrected chi connectivity index (χ4v) is 7.56. The number of sulfonamides is 1. The number of carbonyl (C=O) groups is 3. The van der Waals surface area contributed by atoms with Crippen LogP contribution < -0.4 is 14.8 Å². The van der Waals surface area contributed by atoms with Crippen molar-refractivity contribution in [3.05, 3.63) is 54.4 Å². The molecule has 1 saturated heterocycles. The molecule has 3 N–H and O–H groups in total. The van der Waals surface area contributed by atoms with Gasteiger partial charge in [0.25, 0.3) is 11.8 Å². The molecule has 5 atom stereocenters. The summed E-state index contributed by atoms with van der Waals surface area (Å²) in [6, 6.07) is 8.88. The smallest absolute Gasteiger partial charge is 0.423 e. The van der Waals surface area contributed by atoms with Gasteiger partial charge in [-0.3, -0.25) is 19.1 Å². The molecule has 12 nitrogen and oxygen atoms in total. The molecule has 1 aromatic carbocycles. The number of hydrogen-bond donors (Lipinski definition) is 3. The van der Waals surface area contributed by atoms with Gasteiger partial charge >= 0.3 is 6.18 Å². The Morgan fingerprint density at radius 2 is 1.85 bits per heavy atom. The standard InChI is InChI=1S/C29H28F3N5O7S2/c1-2-15-13-28(15,27(41)36-46(42,43)17-9-10-17)35-24(39)20-12-16(14-37(20)26(40)23(38)29(30,31)32)44-25-22(21-8-5-11-45-21)33-18-6-3-4-7-19(18)34-25/h2-8,11,15-17,20,23,38H,1,9-10,12-14H2,(H,35,39)(H,36,41)/t15-,16-,20+,23-,28-/m1/s1. The van der Waals surface area contributed by atoms with Gasteiger partial charge in [0, 0.05) is 12.3 Å². The molecule has 244 valence electrons. The van der Waals surface area contributed by atoms with Crippen LogP contribution in [0.5, 0.6) is 5.88 Å². The van der Waals surface area contributed by atoms with Gasteiger partial charge in [0.2, 0.25) is 27.9 Å². The number of aliphatic hydroxyl groups excluding tert-OH is 1. The van der Waals surface area contributed by atoms with Crippen LogP contribution >= 0.6 is 11.3 Å². The zero-order valence-electron chi connectivity index (χ0n) is 23.9. The van der Waals surface area contributed by atoms with Crippen molar-refractivity contribution in [1.29, 1.82) is 0 Å². The summed E-state index contributed by atoms with van der Waals surface area (Å²) in [6.45, 7) is 3.08. The van der Waals surface area contributed by atoms with E-state index in [2.05, 4.69) is 21.9 Å². The van der Waals surface area contributed by atoms with E-state index < -0.39 is 75.4 Å². The van der Waals surface area contributed by atoms with E-state index in [1.54, 1.807) is 41.8 Å². The first-order chi connectivity index (χ1) is 21.7. The molecule has 1 aliphatic heterocycles. The molecule has 3 aromatic rings. The van der Waals surface area contributed by atoms with Crippen molar-refractivity contribution < 1.29 is 45.8 Å². The second-order valence-electron chi connectivity index (χ2n) is 11.5. The van der Waals surface area contributed by atoms with Crippen molar-refractivity contribution >= 4 is 50.1 Å². The van der Waals surface area contributed by atoms with Crippen LogP contribution in [0.15, 0.2) is 54.4 Å². The van der Waals surface area contributed by atoms with Crippen molar-refractivity contribution in [2.45, 2.75) is 60.9 Å². The minimum absolute atomic E-state index is 0.0170. The maximum absolute atomic E-state index is 13.7. The number of benzene rings is 1. The van der Waals surface area contributed by atoms with E-state index in [4.69, 9.17) is 4.74 Å². The molecule has 2 aliphatic carbocycles. The van der Waals surface area contributed by atoms with E-state index in [9.17, 15) is 41.1 Å². The third-order valence-electron chi connectivity index (χ3n) is 8.21. The number of carbonyl (C=O) groups excluding carboxylic acids is 3. The van der Waals surface area contributed by atoms with Crippen LogP contribution in [0.3, 0.4) is 0 Å². The maximum Gasteiger partial charge on any atom is 0.423 e. The predicted octanol–water partition coefficient (Wildman–Crippen LogP) is 2.30. The first kappa shape index (κ1) is 31.9. The Labute approximate surface area is 264 Å². The Kier molecular flexibility index (Phi) is 8.05. The average molecular weight is 680 g/mol. The summed E-state index contributed by atoms with van der Waals surface area (Å²) in [5.74, 6) is -4.48. The SMILES string of the molecule is C=C[C@@H]1C[C@]1(NC(=O)[C@@H]1C[C@@H](Oc2nc3ccccc3nc2-c2cccs2)CN1C(=O)[C@@H](O)C(F)(F)F)C(=O)NS(=O)(=O)C1CC1. The van der Waals surface area contributed by atoms with Crippen molar-refractivity contribution in [2.24, 2.45) is 5.92 Å². The van der Waals surface area contributed by atoms with Crippen LogP contribution in [0.25, 0.3) is 21.6 Å². The predicted molar refractivity (Wildman–Crippen MR) is 159 cm³/mol. The molecule has 0 radical (unpaired) electrons. The number of aromatic nitrogens is 2. The van der Waals surface area contributed by atoms with Gasteiger partial charge in [-0.15, -0.1) is 17.9 Å². The quantitative estimate of drug-likeness (QED) is 0.273. The minimum atomic E-state index is -5.32. The van der Waals surface area contributed by atoms with E-state index >= 15 is 0 Å². The first-order valence-corrected chi connectivity index (χ1v) is 16.7. The van der Waals surface area contributed by atoms with Crippen LogP contribution in [0.1, 0.15) is 25.7 Å². The number of fused-ring (bicyclic) bond motifs is 1. The molecule has 0 unspecified atom stereocenters. The van der Waals surface area contributed by atoms with Gasteiger partial charge in [0.15, 0.2) is 0 Å². The Morgan fingerprint density at radius 1 is 1.15 bits per heavy atom. The number of para-hydroxylation sites is 2. The fourth-order valence-electron chi connectivity index (χ4n) is 5.49. The second kappa shape index (κ2) is 11.6. The molecule has 2 saturated carbocycles. The Balaban J connectivity index is 1.29. The molecule has 17 heteroatoms. The third-order valence-corrected chi connectivity index (χ3v) is 10.9. The van der Waals surface area contributed by atoms with Crippen molar-refractivity contribution in [3.8, 4) is 16.5 Å². The zero-order chi connectivity index (χ0) is 33.0.